The maximum absolute atomic E-state index is 12.3. The zero-order chi connectivity index (χ0) is 16.2. The number of likely N-dealkylation sites (tertiary alicyclic amines) is 1. The number of rotatable bonds is 3. The van der Waals surface area contributed by atoms with Crippen LogP contribution in [0.2, 0.25) is 0 Å². The summed E-state index contributed by atoms with van der Waals surface area (Å²) in [6, 6.07) is 8.14. The maximum atomic E-state index is 12.3. The number of carbonyl (C=O) groups is 2. The average molecular weight is 314 g/mol. The van der Waals surface area contributed by atoms with Crippen molar-refractivity contribution in [3.8, 4) is 0 Å². The van der Waals surface area contributed by atoms with E-state index >= 15 is 0 Å². The van der Waals surface area contributed by atoms with E-state index in [-0.39, 0.29) is 24.8 Å². The lowest BCUT2D eigenvalue weighted by atomic mass is 9.89. The number of Topliss-reactive ketones (excluding diaryl/α,β-unsaturated/α-hetero) is 1. The summed E-state index contributed by atoms with van der Waals surface area (Å²) in [5, 5.41) is 1.85. The minimum absolute atomic E-state index is 0.0240. The topological polar surface area (TPSA) is 49.4 Å². The minimum atomic E-state index is -4.42. The van der Waals surface area contributed by atoms with E-state index < -0.39 is 18.8 Å². The molecule has 0 saturated carbocycles. The molecule has 0 radical (unpaired) electrons. The Bertz CT molecular complexity index is 523. The summed E-state index contributed by atoms with van der Waals surface area (Å²) in [5.41, 5.74) is 0.627. The second-order valence-electron chi connectivity index (χ2n) is 5.27. The summed E-state index contributed by atoms with van der Waals surface area (Å²) < 4.78 is 36.2. The summed E-state index contributed by atoms with van der Waals surface area (Å²) in [6.07, 6.45) is -3.49. The van der Waals surface area contributed by atoms with Crippen LogP contribution in [-0.4, -0.2) is 42.5 Å². The third-order valence-corrected chi connectivity index (χ3v) is 3.65. The van der Waals surface area contributed by atoms with Crippen molar-refractivity contribution in [3.05, 3.63) is 35.9 Å². The van der Waals surface area contributed by atoms with Gasteiger partial charge in [0.05, 0.1) is 0 Å². The highest BCUT2D eigenvalue weighted by Crippen LogP contribution is 2.22. The van der Waals surface area contributed by atoms with Gasteiger partial charge in [0.25, 0.3) is 0 Å². The number of hydrogen-bond acceptors (Lipinski definition) is 2. The van der Waals surface area contributed by atoms with Crippen molar-refractivity contribution < 1.29 is 22.8 Å². The van der Waals surface area contributed by atoms with Gasteiger partial charge in [0.15, 0.2) is 5.78 Å². The molecule has 4 nitrogen and oxygen atoms in total. The second kappa shape index (κ2) is 6.81. The number of nitrogens with one attached hydrogen (secondary N) is 1. The van der Waals surface area contributed by atoms with Crippen LogP contribution >= 0.6 is 0 Å². The number of nitrogens with zero attached hydrogens (tertiary/aromatic N) is 1. The fourth-order valence-corrected chi connectivity index (χ4v) is 2.47. The van der Waals surface area contributed by atoms with Crippen molar-refractivity contribution in [2.75, 3.05) is 19.6 Å². The van der Waals surface area contributed by atoms with Gasteiger partial charge in [0.1, 0.15) is 6.54 Å². The van der Waals surface area contributed by atoms with E-state index in [2.05, 4.69) is 0 Å². The predicted octanol–water partition coefficient (Wildman–Crippen LogP) is 2.85. The number of hydrogen-bond donors (Lipinski definition) is 1. The first-order valence-electron chi connectivity index (χ1n) is 7.05. The van der Waals surface area contributed by atoms with Crippen LogP contribution in [-0.2, 0) is 0 Å². The number of carbonyl (C=O) groups excluding carboxylic acids is 2. The third-order valence-electron chi connectivity index (χ3n) is 3.65. The van der Waals surface area contributed by atoms with Gasteiger partial charge in [-0.05, 0) is 12.8 Å². The van der Waals surface area contributed by atoms with Crippen LogP contribution in [0.15, 0.2) is 30.3 Å². The van der Waals surface area contributed by atoms with Crippen LogP contribution in [0.4, 0.5) is 18.0 Å². The molecular formula is C15H17F3N2O2. The van der Waals surface area contributed by atoms with E-state index in [1.54, 1.807) is 24.3 Å². The van der Waals surface area contributed by atoms with Gasteiger partial charge in [-0.3, -0.25) is 4.79 Å². The fourth-order valence-electron chi connectivity index (χ4n) is 2.47. The highest BCUT2D eigenvalue weighted by Gasteiger charge is 2.31. The van der Waals surface area contributed by atoms with Gasteiger partial charge in [-0.1, -0.05) is 30.3 Å². The summed E-state index contributed by atoms with van der Waals surface area (Å²) >= 11 is 0. The molecule has 7 heteroatoms. The van der Waals surface area contributed by atoms with Crippen LogP contribution in [0.5, 0.6) is 0 Å². The molecule has 1 N–H and O–H groups in total. The molecule has 0 aromatic heterocycles. The van der Waals surface area contributed by atoms with Crippen LogP contribution in [0.25, 0.3) is 0 Å². The number of alkyl halides is 3. The van der Waals surface area contributed by atoms with Gasteiger partial charge in [-0.15, -0.1) is 0 Å². The van der Waals surface area contributed by atoms with Crippen molar-refractivity contribution in [3.63, 3.8) is 0 Å². The third kappa shape index (κ3) is 4.47. The van der Waals surface area contributed by atoms with Crippen molar-refractivity contribution >= 4 is 11.8 Å². The van der Waals surface area contributed by atoms with E-state index in [1.807, 2.05) is 11.4 Å². The Labute approximate surface area is 126 Å². The van der Waals surface area contributed by atoms with Crippen molar-refractivity contribution in [1.29, 1.82) is 0 Å². The van der Waals surface area contributed by atoms with E-state index in [4.69, 9.17) is 0 Å². The highest BCUT2D eigenvalue weighted by molar-refractivity contribution is 5.97. The fraction of sp³-hybridized carbons (Fsp3) is 0.467. The zero-order valence-electron chi connectivity index (χ0n) is 11.9. The molecular weight excluding hydrogens is 297 g/mol. The summed E-state index contributed by atoms with van der Waals surface area (Å²) in [7, 11) is 0. The Kier molecular flexibility index (Phi) is 5.05. The van der Waals surface area contributed by atoms with Gasteiger partial charge in [-0.25, -0.2) is 4.79 Å². The van der Waals surface area contributed by atoms with E-state index in [1.165, 1.54) is 4.90 Å². The molecule has 1 aromatic rings. The molecule has 0 spiro atoms. The quantitative estimate of drug-likeness (QED) is 0.872. The minimum Gasteiger partial charge on any atom is -0.329 e. The molecule has 1 fully saturated rings. The molecule has 0 aliphatic carbocycles. The van der Waals surface area contributed by atoms with Crippen LogP contribution in [0, 0.1) is 5.92 Å². The van der Waals surface area contributed by atoms with Crippen LogP contribution in [0.1, 0.15) is 23.2 Å². The summed E-state index contributed by atoms with van der Waals surface area (Å²) in [5.74, 6) is -0.162. The van der Waals surface area contributed by atoms with E-state index in [0.29, 0.717) is 18.4 Å². The number of ketones is 1. The van der Waals surface area contributed by atoms with E-state index in [9.17, 15) is 22.8 Å². The average Bonchev–Trinajstić information content (AvgIpc) is 2.52. The van der Waals surface area contributed by atoms with Gasteiger partial charge in [-0.2, -0.15) is 13.2 Å². The number of amides is 2. The smallest absolute Gasteiger partial charge is 0.329 e. The number of benzene rings is 1. The SMILES string of the molecule is O=C(c1ccccc1)C1CCN(C(=O)NCC(F)(F)F)CC1. The number of piperidine rings is 1. The molecule has 1 heterocycles. The molecule has 1 aliphatic heterocycles. The molecule has 1 aliphatic rings. The van der Waals surface area contributed by atoms with Crippen LogP contribution in [0.3, 0.4) is 0 Å². The maximum Gasteiger partial charge on any atom is 0.405 e. The van der Waals surface area contributed by atoms with Gasteiger partial charge in [0, 0.05) is 24.6 Å². The Balaban J connectivity index is 1.83. The second-order valence-corrected chi connectivity index (χ2v) is 5.27. The molecule has 0 atom stereocenters. The summed E-state index contributed by atoms with van der Waals surface area (Å²) in [4.78, 5) is 25.2. The predicted molar refractivity (Wildman–Crippen MR) is 74.5 cm³/mol. The Morgan fingerprint density at radius 2 is 1.73 bits per heavy atom. The Morgan fingerprint density at radius 1 is 1.14 bits per heavy atom. The first kappa shape index (κ1) is 16.3. The van der Waals surface area contributed by atoms with Crippen LogP contribution < -0.4 is 5.32 Å². The monoisotopic (exact) mass is 314 g/mol. The van der Waals surface area contributed by atoms with E-state index in [0.717, 1.165) is 0 Å². The molecule has 0 bridgehead atoms. The van der Waals surface area contributed by atoms with Crippen molar-refractivity contribution in [1.82, 2.24) is 10.2 Å². The Morgan fingerprint density at radius 3 is 2.27 bits per heavy atom. The molecule has 1 saturated heterocycles. The van der Waals surface area contributed by atoms with Crippen molar-refractivity contribution in [2.45, 2.75) is 19.0 Å². The van der Waals surface area contributed by atoms with Gasteiger partial charge >= 0.3 is 12.2 Å². The van der Waals surface area contributed by atoms with Crippen molar-refractivity contribution in [2.24, 2.45) is 5.92 Å². The number of halogens is 3. The van der Waals surface area contributed by atoms with Gasteiger partial charge < -0.3 is 10.2 Å². The zero-order valence-corrected chi connectivity index (χ0v) is 11.9. The molecule has 2 rings (SSSR count). The van der Waals surface area contributed by atoms with Gasteiger partial charge in [0.2, 0.25) is 0 Å². The first-order chi connectivity index (χ1) is 10.4. The molecule has 0 unspecified atom stereocenters. The molecule has 1 aromatic carbocycles. The number of urea groups is 1. The Hall–Kier alpha value is -2.05. The standard InChI is InChI=1S/C15H17F3N2O2/c16-15(17,18)10-19-14(22)20-8-6-12(7-9-20)13(21)11-4-2-1-3-5-11/h1-5,12H,6-10H2,(H,19,22). The summed E-state index contributed by atoms with van der Waals surface area (Å²) in [6.45, 7) is -0.769. The highest BCUT2D eigenvalue weighted by atomic mass is 19.4. The lowest BCUT2D eigenvalue weighted by Crippen LogP contribution is -2.47. The molecule has 120 valence electrons. The first-order valence-corrected chi connectivity index (χ1v) is 7.05. The lowest BCUT2D eigenvalue weighted by Gasteiger charge is -2.31. The largest absolute Gasteiger partial charge is 0.405 e. The normalized spacial score (nSPS) is 16.4. The lowest BCUT2D eigenvalue weighted by molar-refractivity contribution is -0.123. The molecule has 2 amide bonds. The molecule has 22 heavy (non-hydrogen) atoms.